The van der Waals surface area contributed by atoms with Gasteiger partial charge in [-0.1, -0.05) is 6.07 Å². The fourth-order valence-electron chi connectivity index (χ4n) is 2.96. The maximum Gasteiger partial charge on any atom is 0.210 e. The van der Waals surface area contributed by atoms with Crippen LogP contribution in [-0.2, 0) is 17.9 Å². The second-order valence-electron chi connectivity index (χ2n) is 6.26. The van der Waals surface area contributed by atoms with E-state index in [1.807, 2.05) is 34.3 Å². The van der Waals surface area contributed by atoms with Gasteiger partial charge in [-0.2, -0.15) is 5.10 Å². The summed E-state index contributed by atoms with van der Waals surface area (Å²) in [5.41, 5.74) is 5.28. The average molecular weight is 325 g/mol. The molecule has 0 unspecified atom stereocenters. The molecule has 24 heavy (non-hydrogen) atoms. The maximum absolute atomic E-state index is 11.4. The van der Waals surface area contributed by atoms with E-state index in [0.717, 1.165) is 42.1 Å². The maximum atomic E-state index is 11.4. The summed E-state index contributed by atoms with van der Waals surface area (Å²) in [6, 6.07) is 6.10. The van der Waals surface area contributed by atoms with Crippen molar-refractivity contribution >= 4 is 12.1 Å². The number of fused-ring (bicyclic) bond motifs is 1. The first-order valence-corrected chi connectivity index (χ1v) is 8.20. The number of pyridine rings is 1. The molecule has 0 aliphatic heterocycles. The first-order chi connectivity index (χ1) is 11.6. The van der Waals surface area contributed by atoms with Crippen LogP contribution in [0.2, 0.25) is 0 Å². The summed E-state index contributed by atoms with van der Waals surface area (Å²) in [5.74, 6) is 0. The van der Waals surface area contributed by atoms with Crippen molar-refractivity contribution in [2.75, 3.05) is 6.54 Å². The quantitative estimate of drug-likeness (QED) is 0.627. The first kappa shape index (κ1) is 16.2. The Bertz CT molecular complexity index is 848. The molecule has 0 bridgehead atoms. The summed E-state index contributed by atoms with van der Waals surface area (Å²) < 4.78 is 4.04. The SMILES string of the molecule is Cc1ccc2ncc(CN(C=O)CCCn3nc(C)cc3C)n2c1. The van der Waals surface area contributed by atoms with Gasteiger partial charge in [-0.3, -0.25) is 9.48 Å². The second-order valence-corrected chi connectivity index (χ2v) is 6.26. The smallest absolute Gasteiger partial charge is 0.210 e. The second kappa shape index (κ2) is 6.86. The van der Waals surface area contributed by atoms with Gasteiger partial charge in [-0.25, -0.2) is 4.98 Å². The summed E-state index contributed by atoms with van der Waals surface area (Å²) in [6.07, 6.45) is 5.68. The van der Waals surface area contributed by atoms with E-state index in [1.165, 1.54) is 5.56 Å². The summed E-state index contributed by atoms with van der Waals surface area (Å²) in [4.78, 5) is 17.6. The highest BCUT2D eigenvalue weighted by atomic mass is 16.1. The summed E-state index contributed by atoms with van der Waals surface area (Å²) in [5, 5.41) is 4.45. The van der Waals surface area contributed by atoms with Crippen LogP contribution in [0.1, 0.15) is 29.1 Å². The molecule has 3 aromatic rings. The molecule has 0 spiro atoms. The van der Waals surface area contributed by atoms with Gasteiger partial charge >= 0.3 is 0 Å². The van der Waals surface area contributed by atoms with Crippen LogP contribution in [0.5, 0.6) is 0 Å². The van der Waals surface area contributed by atoms with Gasteiger partial charge < -0.3 is 9.30 Å². The van der Waals surface area contributed by atoms with Crippen molar-refractivity contribution in [1.29, 1.82) is 0 Å². The summed E-state index contributed by atoms with van der Waals surface area (Å²) in [7, 11) is 0. The monoisotopic (exact) mass is 325 g/mol. The Hall–Kier alpha value is -2.63. The van der Waals surface area contributed by atoms with E-state index < -0.39 is 0 Å². The number of aryl methyl sites for hydroxylation is 4. The Labute approximate surface area is 141 Å². The number of carbonyl (C=O) groups excluding carboxylic acids is 1. The molecule has 6 nitrogen and oxygen atoms in total. The molecule has 0 atom stereocenters. The van der Waals surface area contributed by atoms with Crippen LogP contribution in [0.3, 0.4) is 0 Å². The van der Waals surface area contributed by atoms with Gasteiger partial charge in [0.05, 0.1) is 24.1 Å². The molecule has 3 aromatic heterocycles. The van der Waals surface area contributed by atoms with Crippen LogP contribution >= 0.6 is 0 Å². The molecule has 0 fully saturated rings. The zero-order valence-corrected chi connectivity index (χ0v) is 14.4. The van der Waals surface area contributed by atoms with E-state index in [4.69, 9.17) is 0 Å². The predicted octanol–water partition coefficient (Wildman–Crippen LogP) is 2.50. The van der Waals surface area contributed by atoms with E-state index in [0.29, 0.717) is 13.1 Å². The molecule has 0 saturated heterocycles. The molecule has 0 aliphatic rings. The van der Waals surface area contributed by atoms with Crippen molar-refractivity contribution in [3.05, 3.63) is 53.2 Å². The van der Waals surface area contributed by atoms with Crippen molar-refractivity contribution in [3.63, 3.8) is 0 Å². The number of hydrogen-bond acceptors (Lipinski definition) is 3. The molecule has 0 aliphatic carbocycles. The number of carbonyl (C=O) groups is 1. The van der Waals surface area contributed by atoms with E-state index >= 15 is 0 Å². The Morgan fingerprint density at radius 2 is 2.08 bits per heavy atom. The minimum absolute atomic E-state index is 0.561. The molecular weight excluding hydrogens is 302 g/mol. The normalized spacial score (nSPS) is 11.1. The highest BCUT2D eigenvalue weighted by molar-refractivity contribution is 5.48. The molecule has 126 valence electrons. The number of amides is 1. The lowest BCUT2D eigenvalue weighted by atomic mass is 10.3. The van der Waals surface area contributed by atoms with Crippen LogP contribution in [0.4, 0.5) is 0 Å². The highest BCUT2D eigenvalue weighted by Gasteiger charge is 2.09. The molecule has 3 heterocycles. The third kappa shape index (κ3) is 3.48. The fraction of sp³-hybridized carbons (Fsp3) is 0.389. The van der Waals surface area contributed by atoms with Crippen LogP contribution < -0.4 is 0 Å². The largest absolute Gasteiger partial charge is 0.339 e. The Kier molecular flexibility index (Phi) is 4.64. The van der Waals surface area contributed by atoms with Crippen molar-refractivity contribution in [2.24, 2.45) is 0 Å². The van der Waals surface area contributed by atoms with Gasteiger partial charge in [0.1, 0.15) is 5.65 Å². The third-order valence-corrected chi connectivity index (χ3v) is 4.16. The first-order valence-electron chi connectivity index (χ1n) is 8.20. The molecule has 1 amide bonds. The number of imidazole rings is 1. The van der Waals surface area contributed by atoms with E-state index in [2.05, 4.69) is 36.2 Å². The minimum Gasteiger partial charge on any atom is -0.339 e. The average Bonchev–Trinajstić information content (AvgIpc) is 3.09. The molecule has 0 N–H and O–H groups in total. The molecular formula is C18H23N5O. The Morgan fingerprint density at radius 3 is 2.79 bits per heavy atom. The fourth-order valence-corrected chi connectivity index (χ4v) is 2.96. The van der Waals surface area contributed by atoms with Gasteiger partial charge in [-0.05, 0) is 44.9 Å². The van der Waals surface area contributed by atoms with Crippen molar-refractivity contribution in [3.8, 4) is 0 Å². The standard InChI is InChI=1S/C18H23N5O/c1-14-5-6-18-19-10-17(22(18)11-14)12-21(13-24)7-4-8-23-16(3)9-15(2)20-23/h5-6,9-11,13H,4,7-8,12H2,1-3H3. The molecule has 3 rings (SSSR count). The van der Waals surface area contributed by atoms with Crippen LogP contribution in [-0.4, -0.2) is 37.0 Å². The number of rotatable bonds is 7. The highest BCUT2D eigenvalue weighted by Crippen LogP contribution is 2.11. The number of nitrogens with zero attached hydrogens (tertiary/aromatic N) is 5. The zero-order chi connectivity index (χ0) is 17.1. The lowest BCUT2D eigenvalue weighted by Gasteiger charge is -2.17. The molecule has 0 aromatic carbocycles. The van der Waals surface area contributed by atoms with Gasteiger partial charge in [0.15, 0.2) is 0 Å². The predicted molar refractivity (Wildman–Crippen MR) is 92.7 cm³/mol. The van der Waals surface area contributed by atoms with Gasteiger partial charge in [0.2, 0.25) is 6.41 Å². The van der Waals surface area contributed by atoms with Crippen molar-refractivity contribution in [1.82, 2.24) is 24.1 Å². The van der Waals surface area contributed by atoms with Gasteiger partial charge in [0, 0.05) is 25.0 Å². The topological polar surface area (TPSA) is 55.4 Å². The summed E-state index contributed by atoms with van der Waals surface area (Å²) in [6.45, 7) is 8.17. The van der Waals surface area contributed by atoms with Crippen LogP contribution in [0.15, 0.2) is 30.6 Å². The lowest BCUT2D eigenvalue weighted by molar-refractivity contribution is -0.118. The van der Waals surface area contributed by atoms with Crippen LogP contribution in [0, 0.1) is 20.8 Å². The number of aromatic nitrogens is 4. The van der Waals surface area contributed by atoms with Gasteiger partial charge in [0.25, 0.3) is 0 Å². The van der Waals surface area contributed by atoms with Gasteiger partial charge in [-0.15, -0.1) is 0 Å². The zero-order valence-electron chi connectivity index (χ0n) is 14.4. The Morgan fingerprint density at radius 1 is 1.25 bits per heavy atom. The number of hydrogen-bond donors (Lipinski definition) is 0. The lowest BCUT2D eigenvalue weighted by Crippen LogP contribution is -2.24. The van der Waals surface area contributed by atoms with Crippen LogP contribution in [0.25, 0.3) is 5.65 Å². The minimum atomic E-state index is 0.561. The van der Waals surface area contributed by atoms with Crippen molar-refractivity contribution in [2.45, 2.75) is 40.3 Å². The molecule has 0 saturated carbocycles. The summed E-state index contributed by atoms with van der Waals surface area (Å²) >= 11 is 0. The third-order valence-electron chi connectivity index (χ3n) is 4.16. The van der Waals surface area contributed by atoms with E-state index in [1.54, 1.807) is 4.90 Å². The Balaban J connectivity index is 1.62. The molecule has 0 radical (unpaired) electrons. The van der Waals surface area contributed by atoms with E-state index in [-0.39, 0.29) is 0 Å². The van der Waals surface area contributed by atoms with E-state index in [9.17, 15) is 4.79 Å². The molecule has 6 heteroatoms. The van der Waals surface area contributed by atoms with Crippen molar-refractivity contribution < 1.29 is 4.79 Å².